The summed E-state index contributed by atoms with van der Waals surface area (Å²) in [5, 5.41) is 8.94. The second-order valence-electron chi connectivity index (χ2n) is 4.61. The Balaban J connectivity index is 2.19. The molecule has 0 aliphatic heterocycles. The van der Waals surface area contributed by atoms with Crippen LogP contribution in [0, 0.1) is 17.2 Å². The molecule has 0 atom stereocenters. The molecule has 1 fully saturated rings. The molecule has 1 aromatic heterocycles. The fourth-order valence-electron chi connectivity index (χ4n) is 1.91. The van der Waals surface area contributed by atoms with Crippen LogP contribution in [0.1, 0.15) is 31.9 Å². The van der Waals surface area contributed by atoms with Gasteiger partial charge in [-0.3, -0.25) is 0 Å². The fourth-order valence-corrected chi connectivity index (χ4v) is 1.91. The molecule has 90 valence electrons. The number of rotatable bonds is 5. The van der Waals surface area contributed by atoms with Crippen LogP contribution in [0.25, 0.3) is 0 Å². The smallest absolute Gasteiger partial charge is 0.165 e. The van der Waals surface area contributed by atoms with Gasteiger partial charge in [-0.15, -0.1) is 0 Å². The van der Waals surface area contributed by atoms with E-state index in [9.17, 15) is 0 Å². The molecule has 0 saturated heterocycles. The van der Waals surface area contributed by atoms with Crippen molar-refractivity contribution in [3.63, 3.8) is 0 Å². The van der Waals surface area contributed by atoms with Crippen molar-refractivity contribution in [2.24, 2.45) is 5.92 Å². The minimum absolute atomic E-state index is 0.333. The van der Waals surface area contributed by atoms with E-state index in [1.807, 2.05) is 12.1 Å². The first-order valence-electron chi connectivity index (χ1n) is 6.16. The SMILES string of the molecule is CCCN(CC1CC1)c1ccc(N)c(C#N)n1. The number of nitrogens with zero attached hydrogens (tertiary/aromatic N) is 3. The van der Waals surface area contributed by atoms with Gasteiger partial charge in [0.2, 0.25) is 0 Å². The summed E-state index contributed by atoms with van der Waals surface area (Å²) in [5.74, 6) is 1.69. The van der Waals surface area contributed by atoms with Gasteiger partial charge in [-0.05, 0) is 37.3 Å². The molecule has 1 heterocycles. The molecule has 0 amide bonds. The average molecular weight is 230 g/mol. The number of aromatic nitrogens is 1. The molecule has 2 rings (SSSR count). The van der Waals surface area contributed by atoms with Crippen molar-refractivity contribution in [1.29, 1.82) is 5.26 Å². The van der Waals surface area contributed by atoms with Gasteiger partial charge in [0.1, 0.15) is 11.9 Å². The van der Waals surface area contributed by atoms with Gasteiger partial charge in [-0.1, -0.05) is 6.92 Å². The van der Waals surface area contributed by atoms with Crippen molar-refractivity contribution in [3.8, 4) is 6.07 Å². The molecule has 4 heteroatoms. The molecule has 2 N–H and O–H groups in total. The second-order valence-corrected chi connectivity index (χ2v) is 4.61. The highest BCUT2D eigenvalue weighted by atomic mass is 15.2. The molecule has 0 spiro atoms. The van der Waals surface area contributed by atoms with E-state index >= 15 is 0 Å². The van der Waals surface area contributed by atoms with E-state index in [0.29, 0.717) is 11.4 Å². The lowest BCUT2D eigenvalue weighted by molar-refractivity contribution is 0.699. The van der Waals surface area contributed by atoms with Crippen LogP contribution in [0.5, 0.6) is 0 Å². The van der Waals surface area contributed by atoms with Crippen molar-refractivity contribution in [1.82, 2.24) is 4.98 Å². The van der Waals surface area contributed by atoms with E-state index in [-0.39, 0.29) is 0 Å². The van der Waals surface area contributed by atoms with E-state index in [1.165, 1.54) is 12.8 Å². The first kappa shape index (κ1) is 11.7. The van der Waals surface area contributed by atoms with Crippen molar-refractivity contribution in [2.75, 3.05) is 23.7 Å². The Morgan fingerprint density at radius 3 is 2.88 bits per heavy atom. The summed E-state index contributed by atoms with van der Waals surface area (Å²) in [6.45, 7) is 4.19. The predicted molar refractivity (Wildman–Crippen MR) is 68.6 cm³/mol. The van der Waals surface area contributed by atoms with Gasteiger partial charge in [0.05, 0.1) is 5.69 Å². The number of nitrogen functional groups attached to an aromatic ring is 1. The van der Waals surface area contributed by atoms with Crippen molar-refractivity contribution >= 4 is 11.5 Å². The molecule has 0 aromatic carbocycles. The zero-order valence-electron chi connectivity index (χ0n) is 10.2. The number of hydrogen-bond acceptors (Lipinski definition) is 4. The summed E-state index contributed by atoms with van der Waals surface area (Å²) >= 11 is 0. The molecule has 4 nitrogen and oxygen atoms in total. The Morgan fingerprint density at radius 2 is 2.29 bits per heavy atom. The third kappa shape index (κ3) is 2.88. The maximum Gasteiger partial charge on any atom is 0.165 e. The summed E-state index contributed by atoms with van der Waals surface area (Å²) in [5.41, 5.74) is 6.47. The second kappa shape index (κ2) is 5.05. The first-order chi connectivity index (χ1) is 8.24. The van der Waals surface area contributed by atoms with Crippen LogP contribution in [0.2, 0.25) is 0 Å². The molecule has 1 aliphatic carbocycles. The molecule has 0 radical (unpaired) electrons. The minimum Gasteiger partial charge on any atom is -0.396 e. The summed E-state index contributed by atoms with van der Waals surface area (Å²) < 4.78 is 0. The maximum atomic E-state index is 8.94. The zero-order chi connectivity index (χ0) is 12.3. The van der Waals surface area contributed by atoms with Crippen LogP contribution in [0.15, 0.2) is 12.1 Å². The molecule has 0 unspecified atom stereocenters. The number of pyridine rings is 1. The Hall–Kier alpha value is -1.76. The van der Waals surface area contributed by atoms with Gasteiger partial charge < -0.3 is 10.6 Å². The Bertz CT molecular complexity index is 432. The number of nitriles is 1. The van der Waals surface area contributed by atoms with E-state index < -0.39 is 0 Å². The van der Waals surface area contributed by atoms with Gasteiger partial charge in [0, 0.05) is 13.1 Å². The molecule has 1 saturated carbocycles. The van der Waals surface area contributed by atoms with Crippen LogP contribution < -0.4 is 10.6 Å². The van der Waals surface area contributed by atoms with E-state index in [2.05, 4.69) is 16.8 Å². The number of hydrogen-bond donors (Lipinski definition) is 1. The molecule has 0 bridgehead atoms. The highest BCUT2D eigenvalue weighted by molar-refractivity contribution is 5.55. The van der Waals surface area contributed by atoms with Crippen molar-refractivity contribution in [3.05, 3.63) is 17.8 Å². The van der Waals surface area contributed by atoms with Crippen LogP contribution in [0.3, 0.4) is 0 Å². The molecule has 1 aliphatic rings. The lowest BCUT2D eigenvalue weighted by Crippen LogP contribution is -2.27. The topological polar surface area (TPSA) is 65.9 Å². The lowest BCUT2D eigenvalue weighted by atomic mass is 10.2. The van der Waals surface area contributed by atoms with Crippen LogP contribution in [-0.4, -0.2) is 18.1 Å². The van der Waals surface area contributed by atoms with Crippen molar-refractivity contribution < 1.29 is 0 Å². The third-order valence-electron chi connectivity index (χ3n) is 3.01. The molecular weight excluding hydrogens is 212 g/mol. The van der Waals surface area contributed by atoms with Gasteiger partial charge in [-0.2, -0.15) is 5.26 Å². The largest absolute Gasteiger partial charge is 0.396 e. The number of anilines is 2. The van der Waals surface area contributed by atoms with Crippen molar-refractivity contribution in [2.45, 2.75) is 26.2 Å². The van der Waals surface area contributed by atoms with E-state index in [4.69, 9.17) is 11.0 Å². The van der Waals surface area contributed by atoms with E-state index in [1.54, 1.807) is 6.07 Å². The standard InChI is InChI=1S/C13H18N4/c1-2-7-17(9-10-3-4-10)13-6-5-11(15)12(8-14)16-13/h5-6,10H,2-4,7,9,15H2,1H3. The molecule has 1 aromatic rings. The average Bonchev–Trinajstić information content (AvgIpc) is 3.13. The summed E-state index contributed by atoms with van der Waals surface area (Å²) in [7, 11) is 0. The summed E-state index contributed by atoms with van der Waals surface area (Å²) in [6, 6.07) is 5.72. The van der Waals surface area contributed by atoms with Crippen LogP contribution >= 0.6 is 0 Å². The van der Waals surface area contributed by atoms with Gasteiger partial charge in [-0.25, -0.2) is 4.98 Å². The highest BCUT2D eigenvalue weighted by Gasteiger charge is 2.24. The fraction of sp³-hybridized carbons (Fsp3) is 0.538. The predicted octanol–water partition coefficient (Wildman–Crippen LogP) is 2.16. The Morgan fingerprint density at radius 1 is 1.53 bits per heavy atom. The Labute approximate surface area is 102 Å². The summed E-state index contributed by atoms with van der Waals surface area (Å²) in [6.07, 6.45) is 3.72. The molecular formula is C13H18N4. The first-order valence-corrected chi connectivity index (χ1v) is 6.16. The maximum absolute atomic E-state index is 8.94. The van der Waals surface area contributed by atoms with Gasteiger partial charge >= 0.3 is 0 Å². The third-order valence-corrected chi connectivity index (χ3v) is 3.01. The zero-order valence-corrected chi connectivity index (χ0v) is 10.2. The Kier molecular flexibility index (Phi) is 3.48. The number of nitrogens with two attached hydrogens (primary N) is 1. The minimum atomic E-state index is 0.333. The van der Waals surface area contributed by atoms with Gasteiger partial charge in [0.15, 0.2) is 5.69 Å². The van der Waals surface area contributed by atoms with Crippen LogP contribution in [0.4, 0.5) is 11.5 Å². The quantitative estimate of drug-likeness (QED) is 0.841. The van der Waals surface area contributed by atoms with Gasteiger partial charge in [0.25, 0.3) is 0 Å². The monoisotopic (exact) mass is 230 g/mol. The molecule has 17 heavy (non-hydrogen) atoms. The highest BCUT2D eigenvalue weighted by Crippen LogP contribution is 2.31. The van der Waals surface area contributed by atoms with E-state index in [0.717, 1.165) is 31.2 Å². The van der Waals surface area contributed by atoms with Crippen LogP contribution in [-0.2, 0) is 0 Å². The lowest BCUT2D eigenvalue weighted by Gasteiger charge is -2.23. The normalized spacial score (nSPS) is 14.4. The summed E-state index contributed by atoms with van der Waals surface area (Å²) in [4.78, 5) is 6.59.